The van der Waals surface area contributed by atoms with Crippen molar-refractivity contribution >= 4 is 23.3 Å². The van der Waals surface area contributed by atoms with Crippen LogP contribution in [0.5, 0.6) is 0 Å². The van der Waals surface area contributed by atoms with Gasteiger partial charge in [-0.15, -0.1) is 0 Å². The minimum Gasteiger partial charge on any atom is -0.384 e. The van der Waals surface area contributed by atoms with Gasteiger partial charge in [0.05, 0.1) is 13.2 Å². The fourth-order valence-electron chi connectivity index (χ4n) is 1.78. The van der Waals surface area contributed by atoms with Gasteiger partial charge in [-0.05, 0) is 26.0 Å². The Hall–Kier alpha value is -1.37. The molecular formula is C14H22ClN3O3. The molecule has 0 fully saturated rings. The number of nitrogens with zero attached hydrogens (tertiary/aromatic N) is 2. The number of nitrogens with two attached hydrogens (primary N) is 1. The molecule has 0 bridgehead atoms. The lowest BCUT2D eigenvalue weighted by molar-refractivity contribution is 0.0550. The van der Waals surface area contributed by atoms with Crippen molar-refractivity contribution in [2.75, 3.05) is 45.3 Å². The average Bonchev–Trinajstić information content (AvgIpc) is 2.44. The van der Waals surface area contributed by atoms with Crippen LogP contribution in [0, 0.1) is 0 Å². The first-order valence-electron chi connectivity index (χ1n) is 6.96. The summed E-state index contributed by atoms with van der Waals surface area (Å²) in [6.07, 6.45) is 0. The van der Waals surface area contributed by atoms with E-state index in [2.05, 4.69) is 4.98 Å². The molecule has 0 aliphatic carbocycles. The van der Waals surface area contributed by atoms with Gasteiger partial charge in [0.2, 0.25) is 0 Å². The van der Waals surface area contributed by atoms with Crippen molar-refractivity contribution in [3.8, 4) is 0 Å². The Balaban J connectivity index is 2.76. The molecule has 21 heavy (non-hydrogen) atoms. The van der Waals surface area contributed by atoms with Crippen molar-refractivity contribution in [3.63, 3.8) is 0 Å². The van der Waals surface area contributed by atoms with Crippen LogP contribution in [0.15, 0.2) is 12.1 Å². The number of rotatable bonds is 9. The Bertz CT molecular complexity index is 427. The predicted octanol–water partition coefficient (Wildman–Crippen LogP) is 1.83. The quantitative estimate of drug-likeness (QED) is 0.555. The van der Waals surface area contributed by atoms with Crippen LogP contribution >= 0.6 is 11.6 Å². The van der Waals surface area contributed by atoms with Gasteiger partial charge in [-0.1, -0.05) is 11.6 Å². The zero-order chi connectivity index (χ0) is 15.7. The summed E-state index contributed by atoms with van der Waals surface area (Å²) in [4.78, 5) is 18.0. The molecule has 0 saturated carbocycles. The SMILES string of the molecule is CCOCCN(CCOCC)C(=O)c1cc(N)nc(Cl)c1. The maximum Gasteiger partial charge on any atom is 0.254 e. The summed E-state index contributed by atoms with van der Waals surface area (Å²) in [6, 6.07) is 3.02. The monoisotopic (exact) mass is 315 g/mol. The van der Waals surface area contributed by atoms with E-state index in [1.165, 1.54) is 12.1 Å². The van der Waals surface area contributed by atoms with Gasteiger partial charge in [0.1, 0.15) is 11.0 Å². The summed E-state index contributed by atoms with van der Waals surface area (Å²) in [5, 5.41) is 0.202. The summed E-state index contributed by atoms with van der Waals surface area (Å²) in [6.45, 7) is 6.97. The Morgan fingerprint density at radius 2 is 1.81 bits per heavy atom. The smallest absolute Gasteiger partial charge is 0.254 e. The van der Waals surface area contributed by atoms with Gasteiger partial charge >= 0.3 is 0 Å². The van der Waals surface area contributed by atoms with E-state index >= 15 is 0 Å². The summed E-state index contributed by atoms with van der Waals surface area (Å²) in [5.74, 6) is 0.0609. The minimum absolute atomic E-state index is 0.162. The second kappa shape index (κ2) is 9.55. The van der Waals surface area contributed by atoms with Crippen LogP contribution in [-0.2, 0) is 9.47 Å². The van der Waals surface area contributed by atoms with E-state index in [4.69, 9.17) is 26.8 Å². The Labute approximate surface area is 130 Å². The van der Waals surface area contributed by atoms with Crippen LogP contribution in [0.4, 0.5) is 5.82 Å². The van der Waals surface area contributed by atoms with Crippen LogP contribution in [0.1, 0.15) is 24.2 Å². The number of anilines is 1. The van der Waals surface area contributed by atoms with E-state index in [0.29, 0.717) is 45.1 Å². The molecule has 0 saturated heterocycles. The van der Waals surface area contributed by atoms with Gasteiger partial charge in [0.15, 0.2) is 0 Å². The molecule has 0 aliphatic heterocycles. The lowest BCUT2D eigenvalue weighted by atomic mass is 10.2. The number of hydrogen-bond acceptors (Lipinski definition) is 5. The number of pyridine rings is 1. The molecule has 0 spiro atoms. The van der Waals surface area contributed by atoms with Crippen molar-refractivity contribution < 1.29 is 14.3 Å². The molecular weight excluding hydrogens is 294 g/mol. The fourth-order valence-corrected chi connectivity index (χ4v) is 1.99. The molecule has 0 radical (unpaired) electrons. The van der Waals surface area contributed by atoms with Crippen LogP contribution in [-0.4, -0.2) is 55.3 Å². The van der Waals surface area contributed by atoms with Crippen molar-refractivity contribution in [1.82, 2.24) is 9.88 Å². The van der Waals surface area contributed by atoms with E-state index in [0.717, 1.165) is 0 Å². The molecule has 1 amide bonds. The van der Waals surface area contributed by atoms with Crippen LogP contribution in [0.25, 0.3) is 0 Å². The zero-order valence-corrected chi connectivity index (χ0v) is 13.2. The number of hydrogen-bond donors (Lipinski definition) is 1. The number of halogens is 1. The topological polar surface area (TPSA) is 77.7 Å². The van der Waals surface area contributed by atoms with Crippen molar-refractivity contribution in [1.29, 1.82) is 0 Å². The molecule has 6 nitrogen and oxygen atoms in total. The van der Waals surface area contributed by atoms with E-state index in [-0.39, 0.29) is 16.9 Å². The van der Waals surface area contributed by atoms with E-state index in [1.54, 1.807) is 4.90 Å². The molecule has 0 atom stereocenters. The zero-order valence-electron chi connectivity index (χ0n) is 12.5. The minimum atomic E-state index is -0.162. The van der Waals surface area contributed by atoms with Gasteiger partial charge in [-0.3, -0.25) is 4.79 Å². The van der Waals surface area contributed by atoms with E-state index in [1.807, 2.05) is 13.8 Å². The molecule has 0 aromatic carbocycles. The predicted molar refractivity (Wildman–Crippen MR) is 82.5 cm³/mol. The van der Waals surface area contributed by atoms with Gasteiger partial charge in [0.25, 0.3) is 5.91 Å². The first-order chi connectivity index (χ1) is 10.1. The second-order valence-electron chi connectivity index (χ2n) is 4.29. The number of carbonyl (C=O) groups excluding carboxylic acids is 1. The Morgan fingerprint density at radius 3 is 2.29 bits per heavy atom. The summed E-state index contributed by atoms with van der Waals surface area (Å²) in [7, 11) is 0. The van der Waals surface area contributed by atoms with Crippen LogP contribution < -0.4 is 5.73 Å². The maximum atomic E-state index is 12.5. The highest BCUT2D eigenvalue weighted by Crippen LogP contribution is 2.14. The lowest BCUT2D eigenvalue weighted by Gasteiger charge is -2.22. The first-order valence-corrected chi connectivity index (χ1v) is 7.34. The molecule has 2 N–H and O–H groups in total. The summed E-state index contributed by atoms with van der Waals surface area (Å²) < 4.78 is 10.6. The number of aromatic nitrogens is 1. The van der Waals surface area contributed by atoms with Gasteiger partial charge in [-0.2, -0.15) is 0 Å². The third-order valence-corrected chi connectivity index (χ3v) is 2.96. The molecule has 1 aromatic rings. The van der Waals surface area contributed by atoms with Gasteiger partial charge < -0.3 is 20.1 Å². The number of nitrogen functional groups attached to an aromatic ring is 1. The normalized spacial score (nSPS) is 10.6. The summed E-state index contributed by atoms with van der Waals surface area (Å²) >= 11 is 5.84. The third-order valence-electron chi connectivity index (χ3n) is 2.77. The molecule has 118 valence electrons. The molecule has 7 heteroatoms. The van der Waals surface area contributed by atoms with Gasteiger partial charge in [-0.25, -0.2) is 4.98 Å². The molecule has 1 rings (SSSR count). The summed E-state index contributed by atoms with van der Waals surface area (Å²) in [5.41, 5.74) is 6.04. The fraction of sp³-hybridized carbons (Fsp3) is 0.571. The number of ether oxygens (including phenoxy) is 2. The standard InChI is InChI=1S/C14H22ClN3O3/c1-3-20-7-5-18(6-8-21-4-2)14(19)11-9-12(15)17-13(16)10-11/h9-10H,3-8H2,1-2H3,(H2,16,17). The van der Waals surface area contributed by atoms with E-state index in [9.17, 15) is 4.79 Å². The number of amides is 1. The second-order valence-corrected chi connectivity index (χ2v) is 4.68. The Kier molecular flexibility index (Phi) is 8.04. The van der Waals surface area contributed by atoms with Crippen LogP contribution in [0.3, 0.4) is 0 Å². The molecule has 1 aromatic heterocycles. The first kappa shape index (κ1) is 17.7. The Morgan fingerprint density at radius 1 is 1.24 bits per heavy atom. The maximum absolute atomic E-state index is 12.5. The average molecular weight is 316 g/mol. The van der Waals surface area contributed by atoms with Gasteiger partial charge in [0, 0.05) is 31.9 Å². The largest absolute Gasteiger partial charge is 0.384 e. The van der Waals surface area contributed by atoms with Crippen molar-refractivity contribution in [2.45, 2.75) is 13.8 Å². The molecule has 0 unspecified atom stereocenters. The number of carbonyl (C=O) groups is 1. The molecule has 0 aliphatic rings. The van der Waals surface area contributed by atoms with Crippen LogP contribution in [0.2, 0.25) is 5.15 Å². The highest BCUT2D eigenvalue weighted by atomic mass is 35.5. The lowest BCUT2D eigenvalue weighted by Crippen LogP contribution is -2.36. The van der Waals surface area contributed by atoms with E-state index < -0.39 is 0 Å². The van der Waals surface area contributed by atoms with Crippen molar-refractivity contribution in [2.24, 2.45) is 0 Å². The third kappa shape index (κ3) is 6.29. The molecule has 1 heterocycles. The highest BCUT2D eigenvalue weighted by Gasteiger charge is 2.17. The highest BCUT2D eigenvalue weighted by molar-refractivity contribution is 6.29. The van der Waals surface area contributed by atoms with Crippen molar-refractivity contribution in [3.05, 3.63) is 22.8 Å².